The number of nitrogens with two attached hydrogens (primary N) is 1. The lowest BCUT2D eigenvalue weighted by atomic mass is 10.1. The number of nitrogens with one attached hydrogen (secondary N) is 1. The Kier molecular flexibility index (Phi) is 2.36. The quantitative estimate of drug-likeness (QED) is 0.522. The average molecular weight is 228 g/mol. The van der Waals surface area contributed by atoms with Gasteiger partial charge in [0.25, 0.3) is 0 Å². The van der Waals surface area contributed by atoms with Crippen molar-refractivity contribution in [1.82, 2.24) is 5.43 Å². The largest absolute Gasteiger partial charge is 0.271 e. The Hall–Kier alpha value is -1.42. The summed E-state index contributed by atoms with van der Waals surface area (Å²) in [6.07, 6.45) is 0. The molecule has 3 heteroatoms. The Bertz CT molecular complexity index is 643. The van der Waals surface area contributed by atoms with Gasteiger partial charge in [-0.05, 0) is 11.6 Å². The fraction of sp³-hybridized carbons (Fsp3) is 0.0769. The van der Waals surface area contributed by atoms with Crippen LogP contribution < -0.4 is 11.3 Å². The molecule has 0 amide bonds. The van der Waals surface area contributed by atoms with Crippen LogP contribution in [-0.2, 0) is 6.54 Å². The molecule has 0 unspecified atom stereocenters. The van der Waals surface area contributed by atoms with Crippen molar-refractivity contribution in [1.29, 1.82) is 0 Å². The Labute approximate surface area is 97.7 Å². The molecule has 2 nitrogen and oxygen atoms in total. The van der Waals surface area contributed by atoms with E-state index in [0.717, 1.165) is 0 Å². The van der Waals surface area contributed by atoms with Crippen LogP contribution in [0.1, 0.15) is 5.56 Å². The lowest BCUT2D eigenvalue weighted by Gasteiger charge is -2.00. The normalized spacial score (nSPS) is 11.3. The number of hydrogen-bond acceptors (Lipinski definition) is 3. The van der Waals surface area contributed by atoms with E-state index in [4.69, 9.17) is 5.84 Å². The number of thiophene rings is 1. The van der Waals surface area contributed by atoms with Crippen LogP contribution in [-0.4, -0.2) is 0 Å². The van der Waals surface area contributed by atoms with E-state index in [1.54, 1.807) is 0 Å². The Morgan fingerprint density at radius 2 is 1.81 bits per heavy atom. The van der Waals surface area contributed by atoms with E-state index in [0.29, 0.717) is 6.54 Å². The third-order valence-corrected chi connectivity index (χ3v) is 4.04. The van der Waals surface area contributed by atoms with Crippen molar-refractivity contribution in [2.24, 2.45) is 5.84 Å². The first kappa shape index (κ1) is 9.78. The van der Waals surface area contributed by atoms with Gasteiger partial charge >= 0.3 is 0 Å². The van der Waals surface area contributed by atoms with E-state index in [1.165, 1.54) is 25.7 Å². The zero-order valence-electron chi connectivity index (χ0n) is 8.73. The minimum atomic E-state index is 0.712. The maximum Gasteiger partial charge on any atom is 0.0400 e. The van der Waals surface area contributed by atoms with Crippen molar-refractivity contribution < 1.29 is 0 Å². The maximum absolute atomic E-state index is 5.40. The Balaban J connectivity index is 2.39. The van der Waals surface area contributed by atoms with Crippen LogP contribution in [0.15, 0.2) is 42.5 Å². The smallest absolute Gasteiger partial charge is 0.0400 e. The van der Waals surface area contributed by atoms with Crippen molar-refractivity contribution >= 4 is 31.5 Å². The van der Waals surface area contributed by atoms with Gasteiger partial charge in [0.05, 0.1) is 0 Å². The van der Waals surface area contributed by atoms with E-state index >= 15 is 0 Å². The van der Waals surface area contributed by atoms with Crippen LogP contribution in [0.4, 0.5) is 0 Å². The Morgan fingerprint density at radius 3 is 2.69 bits per heavy atom. The summed E-state index contributed by atoms with van der Waals surface area (Å²) in [5.74, 6) is 5.40. The van der Waals surface area contributed by atoms with Crippen molar-refractivity contribution in [3.05, 3.63) is 48.0 Å². The van der Waals surface area contributed by atoms with Crippen molar-refractivity contribution in [2.45, 2.75) is 6.54 Å². The second-order valence-electron chi connectivity index (χ2n) is 3.77. The first-order valence-electron chi connectivity index (χ1n) is 5.23. The molecule has 3 rings (SSSR count). The number of fused-ring (bicyclic) bond motifs is 3. The fourth-order valence-electron chi connectivity index (χ4n) is 2.05. The third kappa shape index (κ3) is 1.41. The van der Waals surface area contributed by atoms with Crippen LogP contribution in [0.3, 0.4) is 0 Å². The molecule has 0 radical (unpaired) electrons. The molecule has 0 bridgehead atoms. The van der Waals surface area contributed by atoms with Gasteiger partial charge < -0.3 is 0 Å². The van der Waals surface area contributed by atoms with Crippen LogP contribution in [0.2, 0.25) is 0 Å². The lowest BCUT2D eigenvalue weighted by Crippen LogP contribution is -2.20. The van der Waals surface area contributed by atoms with E-state index < -0.39 is 0 Å². The van der Waals surface area contributed by atoms with Gasteiger partial charge in [-0.25, -0.2) is 0 Å². The molecule has 3 N–H and O–H groups in total. The maximum atomic E-state index is 5.40. The zero-order chi connectivity index (χ0) is 11.0. The van der Waals surface area contributed by atoms with E-state index in [-0.39, 0.29) is 0 Å². The first-order chi connectivity index (χ1) is 7.90. The van der Waals surface area contributed by atoms with Crippen molar-refractivity contribution in [2.75, 3.05) is 0 Å². The number of hydrogen-bond donors (Lipinski definition) is 2. The second kappa shape index (κ2) is 3.87. The van der Waals surface area contributed by atoms with Crippen LogP contribution in [0, 0.1) is 0 Å². The minimum absolute atomic E-state index is 0.712. The number of rotatable bonds is 2. The molecule has 0 saturated heterocycles. The molecule has 0 fully saturated rings. The highest BCUT2D eigenvalue weighted by Gasteiger charge is 2.07. The molecule has 16 heavy (non-hydrogen) atoms. The summed E-state index contributed by atoms with van der Waals surface area (Å²) in [7, 11) is 0. The summed E-state index contributed by atoms with van der Waals surface area (Å²) >= 11 is 1.83. The fourth-order valence-corrected chi connectivity index (χ4v) is 3.27. The van der Waals surface area contributed by atoms with E-state index in [2.05, 4.69) is 47.9 Å². The van der Waals surface area contributed by atoms with E-state index in [9.17, 15) is 0 Å². The molecule has 80 valence electrons. The molecule has 2 aromatic carbocycles. The van der Waals surface area contributed by atoms with Gasteiger partial charge in [-0.2, -0.15) is 0 Å². The molecule has 1 aromatic heterocycles. The topological polar surface area (TPSA) is 38.0 Å². The van der Waals surface area contributed by atoms with Crippen molar-refractivity contribution in [3.8, 4) is 0 Å². The van der Waals surface area contributed by atoms with Gasteiger partial charge in [0.1, 0.15) is 0 Å². The number of benzene rings is 2. The summed E-state index contributed by atoms with van der Waals surface area (Å²) in [5, 5.41) is 2.66. The van der Waals surface area contributed by atoms with Crippen molar-refractivity contribution in [3.63, 3.8) is 0 Å². The molecule has 0 atom stereocenters. The highest BCUT2D eigenvalue weighted by molar-refractivity contribution is 7.26. The summed E-state index contributed by atoms with van der Waals surface area (Å²) < 4.78 is 2.67. The number of hydrazine groups is 1. The van der Waals surface area contributed by atoms with Gasteiger partial charge in [-0.1, -0.05) is 36.4 Å². The van der Waals surface area contributed by atoms with Gasteiger partial charge in [-0.3, -0.25) is 11.3 Å². The zero-order valence-corrected chi connectivity index (χ0v) is 9.55. The molecule has 1 heterocycles. The summed E-state index contributed by atoms with van der Waals surface area (Å²) in [5.41, 5.74) is 3.99. The SMILES string of the molecule is NNCc1cccc2c1sc1ccccc12. The van der Waals surface area contributed by atoms with Crippen LogP contribution in [0.5, 0.6) is 0 Å². The highest BCUT2D eigenvalue weighted by Crippen LogP contribution is 2.35. The summed E-state index contributed by atoms with van der Waals surface area (Å²) in [4.78, 5) is 0. The molecule has 0 aliphatic heterocycles. The van der Waals surface area contributed by atoms with Gasteiger partial charge in [0.15, 0.2) is 0 Å². The summed E-state index contributed by atoms with van der Waals surface area (Å²) in [6, 6.07) is 14.9. The predicted octanol–water partition coefficient (Wildman–Crippen LogP) is 3.02. The van der Waals surface area contributed by atoms with Crippen LogP contribution >= 0.6 is 11.3 Å². The van der Waals surface area contributed by atoms with Gasteiger partial charge in [0.2, 0.25) is 0 Å². The molecule has 0 aliphatic carbocycles. The van der Waals surface area contributed by atoms with Gasteiger partial charge in [0, 0.05) is 26.7 Å². The van der Waals surface area contributed by atoms with E-state index in [1.807, 2.05) is 11.3 Å². The molecular weight excluding hydrogens is 216 g/mol. The van der Waals surface area contributed by atoms with Crippen LogP contribution in [0.25, 0.3) is 20.2 Å². The predicted molar refractivity (Wildman–Crippen MR) is 70.4 cm³/mol. The minimum Gasteiger partial charge on any atom is -0.271 e. The first-order valence-corrected chi connectivity index (χ1v) is 6.04. The van der Waals surface area contributed by atoms with Gasteiger partial charge in [-0.15, -0.1) is 11.3 Å². The molecule has 3 aromatic rings. The molecule has 0 spiro atoms. The average Bonchev–Trinajstić information content (AvgIpc) is 2.69. The second-order valence-corrected chi connectivity index (χ2v) is 4.83. The standard InChI is InChI=1S/C13H12N2S/c14-15-8-9-4-3-6-11-10-5-1-2-7-12(10)16-13(9)11/h1-7,15H,8,14H2. The Morgan fingerprint density at radius 1 is 1.00 bits per heavy atom. The lowest BCUT2D eigenvalue weighted by molar-refractivity contribution is 0.746. The highest BCUT2D eigenvalue weighted by atomic mass is 32.1. The third-order valence-electron chi connectivity index (χ3n) is 2.78. The molecule has 0 saturated carbocycles. The summed E-state index contributed by atoms with van der Waals surface area (Å²) in [6.45, 7) is 0.712. The molecule has 0 aliphatic rings. The monoisotopic (exact) mass is 228 g/mol. The molecular formula is C13H12N2S.